The van der Waals surface area contributed by atoms with Crippen molar-refractivity contribution >= 4 is 17.4 Å². The highest BCUT2D eigenvalue weighted by molar-refractivity contribution is 6.26. The molecule has 108 valence electrons. The predicted molar refractivity (Wildman–Crippen MR) is 88.2 cm³/mol. The van der Waals surface area contributed by atoms with E-state index >= 15 is 0 Å². The van der Waals surface area contributed by atoms with Crippen molar-refractivity contribution in [2.75, 3.05) is 0 Å². The number of hydrogen-bond donors (Lipinski definition) is 0. The van der Waals surface area contributed by atoms with Crippen molar-refractivity contribution in [1.29, 1.82) is 0 Å². The fourth-order valence-corrected chi connectivity index (χ4v) is 3.81. The lowest BCUT2D eigenvalue weighted by Gasteiger charge is -2.15. The van der Waals surface area contributed by atoms with Crippen molar-refractivity contribution in [3.63, 3.8) is 0 Å². The molecule has 2 aromatic rings. The van der Waals surface area contributed by atoms with Crippen LogP contribution in [0.3, 0.4) is 0 Å². The van der Waals surface area contributed by atoms with Crippen molar-refractivity contribution in [3.8, 4) is 11.1 Å². The average Bonchev–Trinajstić information content (AvgIpc) is 2.64. The van der Waals surface area contributed by atoms with E-state index in [1.165, 1.54) is 22.3 Å². The fraction of sp³-hybridized carbons (Fsp3) is 0.316. The van der Waals surface area contributed by atoms with Gasteiger partial charge in [0.1, 0.15) is 0 Å². The molecule has 21 heavy (non-hydrogen) atoms. The number of carbonyl (C=O) groups is 1. The molecule has 3 rings (SSSR count). The highest BCUT2D eigenvalue weighted by atomic mass is 35.5. The number of rotatable bonds is 1. The first kappa shape index (κ1) is 14.3. The molecule has 0 N–H and O–H groups in total. The van der Waals surface area contributed by atoms with E-state index in [2.05, 4.69) is 32.9 Å². The molecule has 1 nitrogen and oxygen atoms in total. The molecule has 2 unspecified atom stereocenters. The van der Waals surface area contributed by atoms with Crippen LogP contribution in [0.25, 0.3) is 11.1 Å². The summed E-state index contributed by atoms with van der Waals surface area (Å²) in [7, 11) is 0. The summed E-state index contributed by atoms with van der Waals surface area (Å²) in [5, 5.41) is -0.210. The maximum absolute atomic E-state index is 12.6. The summed E-state index contributed by atoms with van der Waals surface area (Å²) in [5.41, 5.74) is 7.66. The van der Waals surface area contributed by atoms with Crippen molar-refractivity contribution in [2.24, 2.45) is 5.92 Å². The summed E-state index contributed by atoms with van der Waals surface area (Å²) in [6.45, 7) is 8.23. The second-order valence-corrected chi connectivity index (χ2v) is 6.57. The van der Waals surface area contributed by atoms with Gasteiger partial charge in [0.15, 0.2) is 5.78 Å². The van der Waals surface area contributed by atoms with E-state index in [9.17, 15) is 4.79 Å². The molecule has 0 heterocycles. The molecule has 0 radical (unpaired) electrons. The number of aryl methyl sites for hydroxylation is 3. The van der Waals surface area contributed by atoms with Gasteiger partial charge in [-0.25, -0.2) is 0 Å². The molecular formula is C19H19ClO. The second-order valence-electron chi connectivity index (χ2n) is 6.10. The summed E-state index contributed by atoms with van der Waals surface area (Å²) < 4.78 is 0. The lowest BCUT2D eigenvalue weighted by molar-refractivity contribution is 0.0945. The smallest absolute Gasteiger partial charge is 0.168 e. The van der Waals surface area contributed by atoms with Gasteiger partial charge in [-0.2, -0.15) is 0 Å². The molecule has 0 saturated carbocycles. The Balaban J connectivity index is 2.31. The maximum Gasteiger partial charge on any atom is 0.168 e. The molecule has 1 aliphatic carbocycles. The van der Waals surface area contributed by atoms with E-state index in [-0.39, 0.29) is 17.1 Å². The zero-order chi connectivity index (χ0) is 15.3. The summed E-state index contributed by atoms with van der Waals surface area (Å²) >= 11 is 6.43. The van der Waals surface area contributed by atoms with Crippen LogP contribution in [0.2, 0.25) is 0 Å². The van der Waals surface area contributed by atoms with Crippen molar-refractivity contribution in [1.82, 2.24) is 0 Å². The lowest BCUT2D eigenvalue weighted by Crippen LogP contribution is -2.06. The van der Waals surface area contributed by atoms with Gasteiger partial charge >= 0.3 is 0 Å². The SMILES string of the molecule is Cc1cc(C)c(-c2cccc3c2C(=O)C(C)C3Cl)c(C)c1. The Morgan fingerprint density at radius 2 is 1.62 bits per heavy atom. The zero-order valence-electron chi connectivity index (χ0n) is 12.8. The van der Waals surface area contributed by atoms with E-state index in [1.54, 1.807) is 0 Å². The summed E-state index contributed by atoms with van der Waals surface area (Å²) in [6, 6.07) is 10.4. The van der Waals surface area contributed by atoms with Crippen LogP contribution >= 0.6 is 11.6 Å². The molecule has 0 fully saturated rings. The van der Waals surface area contributed by atoms with E-state index in [0.29, 0.717) is 0 Å². The van der Waals surface area contributed by atoms with E-state index in [0.717, 1.165) is 16.7 Å². The van der Waals surface area contributed by atoms with Crippen LogP contribution in [0.5, 0.6) is 0 Å². The number of alkyl halides is 1. The van der Waals surface area contributed by atoms with Crippen LogP contribution < -0.4 is 0 Å². The number of Topliss-reactive ketones (excluding diaryl/α,β-unsaturated/α-hetero) is 1. The van der Waals surface area contributed by atoms with Gasteiger partial charge in [0.2, 0.25) is 0 Å². The lowest BCUT2D eigenvalue weighted by atomic mass is 9.89. The normalized spacial score (nSPS) is 20.7. The quantitative estimate of drug-likeness (QED) is 0.645. The third kappa shape index (κ3) is 2.11. The zero-order valence-corrected chi connectivity index (χ0v) is 13.6. The second kappa shape index (κ2) is 4.99. The van der Waals surface area contributed by atoms with Crippen LogP contribution in [-0.2, 0) is 0 Å². The minimum Gasteiger partial charge on any atom is -0.294 e. The largest absolute Gasteiger partial charge is 0.294 e. The monoisotopic (exact) mass is 298 g/mol. The highest BCUT2D eigenvalue weighted by Crippen LogP contribution is 2.45. The summed E-state index contributed by atoms with van der Waals surface area (Å²) in [4.78, 5) is 12.6. The Morgan fingerprint density at radius 1 is 1.00 bits per heavy atom. The molecule has 0 saturated heterocycles. The van der Waals surface area contributed by atoms with Gasteiger partial charge in [-0.05, 0) is 48.6 Å². The topological polar surface area (TPSA) is 17.1 Å². The Hall–Kier alpha value is -1.60. The van der Waals surface area contributed by atoms with Crippen LogP contribution in [0.4, 0.5) is 0 Å². The fourth-order valence-electron chi connectivity index (χ4n) is 3.52. The molecule has 0 spiro atoms. The first-order valence-corrected chi connectivity index (χ1v) is 7.75. The van der Waals surface area contributed by atoms with Gasteiger partial charge in [0.25, 0.3) is 0 Å². The van der Waals surface area contributed by atoms with Crippen LogP contribution in [0.1, 0.15) is 44.9 Å². The van der Waals surface area contributed by atoms with E-state index in [4.69, 9.17) is 11.6 Å². The molecular weight excluding hydrogens is 280 g/mol. The van der Waals surface area contributed by atoms with Gasteiger partial charge in [0.05, 0.1) is 5.38 Å². The Labute approximate surface area is 131 Å². The molecule has 0 aliphatic heterocycles. The first-order valence-electron chi connectivity index (χ1n) is 7.31. The highest BCUT2D eigenvalue weighted by Gasteiger charge is 2.37. The third-order valence-corrected chi connectivity index (χ3v) is 5.05. The van der Waals surface area contributed by atoms with E-state index < -0.39 is 0 Å². The van der Waals surface area contributed by atoms with Crippen molar-refractivity contribution in [3.05, 3.63) is 58.1 Å². The molecule has 0 aromatic heterocycles. The number of carbonyl (C=O) groups excluding carboxylic acids is 1. The maximum atomic E-state index is 12.6. The molecule has 2 atom stereocenters. The molecule has 0 bridgehead atoms. The molecule has 2 aromatic carbocycles. The standard InChI is InChI=1S/C19H19ClO/c1-10-8-11(2)16(12(3)9-10)14-6-5-7-15-17(14)19(21)13(4)18(15)20/h5-9,13,18H,1-4H3. The van der Waals surface area contributed by atoms with Crippen molar-refractivity contribution < 1.29 is 4.79 Å². The van der Waals surface area contributed by atoms with E-state index in [1.807, 2.05) is 25.1 Å². The number of ketones is 1. The Morgan fingerprint density at radius 3 is 2.24 bits per heavy atom. The van der Waals surface area contributed by atoms with Crippen molar-refractivity contribution in [2.45, 2.75) is 33.1 Å². The molecule has 2 heteroatoms. The van der Waals surface area contributed by atoms with Gasteiger partial charge < -0.3 is 0 Å². The predicted octanol–water partition coefficient (Wildman–Crippen LogP) is 5.39. The average molecular weight is 299 g/mol. The summed E-state index contributed by atoms with van der Waals surface area (Å²) in [5.74, 6) is 0.0221. The third-order valence-electron chi connectivity index (χ3n) is 4.44. The number of fused-ring (bicyclic) bond motifs is 1. The van der Waals surface area contributed by atoms with Crippen LogP contribution in [-0.4, -0.2) is 5.78 Å². The van der Waals surface area contributed by atoms with Gasteiger partial charge in [0, 0.05) is 11.5 Å². The van der Waals surface area contributed by atoms with Gasteiger partial charge in [-0.1, -0.05) is 42.8 Å². The van der Waals surface area contributed by atoms with Gasteiger partial charge in [-0.3, -0.25) is 4.79 Å². The number of benzene rings is 2. The first-order chi connectivity index (χ1) is 9.91. The van der Waals surface area contributed by atoms with Gasteiger partial charge in [-0.15, -0.1) is 11.6 Å². The summed E-state index contributed by atoms with van der Waals surface area (Å²) in [6.07, 6.45) is 0. The Bertz CT molecular complexity index is 722. The minimum absolute atomic E-state index is 0.145. The Kier molecular flexibility index (Phi) is 3.41. The minimum atomic E-state index is -0.210. The molecule has 1 aliphatic rings. The number of halogens is 1. The van der Waals surface area contributed by atoms with Crippen LogP contribution in [0.15, 0.2) is 30.3 Å². The number of hydrogen-bond acceptors (Lipinski definition) is 1. The molecule has 0 amide bonds. The van der Waals surface area contributed by atoms with Crippen LogP contribution in [0, 0.1) is 26.7 Å².